The molecule has 1 saturated heterocycles. The van der Waals surface area contributed by atoms with Gasteiger partial charge < -0.3 is 5.11 Å². The third kappa shape index (κ3) is 3.40. The third-order valence-corrected chi connectivity index (χ3v) is 6.46. The van der Waals surface area contributed by atoms with E-state index in [9.17, 15) is 23.1 Å². The summed E-state index contributed by atoms with van der Waals surface area (Å²) in [6.07, 6.45) is 1.52. The molecule has 0 saturated carbocycles. The molecule has 2 aromatic rings. The summed E-state index contributed by atoms with van der Waals surface area (Å²) >= 11 is 0. The van der Waals surface area contributed by atoms with E-state index >= 15 is 0 Å². The van der Waals surface area contributed by atoms with Crippen molar-refractivity contribution in [2.24, 2.45) is 0 Å². The van der Waals surface area contributed by atoms with E-state index in [0.29, 0.717) is 18.4 Å². The smallest absolute Gasteiger partial charge is 0.322 e. The van der Waals surface area contributed by atoms with Gasteiger partial charge in [-0.1, -0.05) is 42.5 Å². The van der Waals surface area contributed by atoms with Crippen molar-refractivity contribution in [1.82, 2.24) is 4.31 Å². The van der Waals surface area contributed by atoms with Crippen LogP contribution in [0, 0.1) is 0 Å². The van der Waals surface area contributed by atoms with Crippen LogP contribution < -0.4 is 0 Å². The Kier molecular flexibility index (Phi) is 5.20. The van der Waals surface area contributed by atoms with E-state index in [-0.39, 0.29) is 23.4 Å². The van der Waals surface area contributed by atoms with Crippen molar-refractivity contribution in [2.45, 2.75) is 30.2 Å². The first-order valence-electron chi connectivity index (χ1n) is 8.36. The minimum absolute atomic E-state index is 0.0495. The number of piperidine rings is 1. The van der Waals surface area contributed by atoms with E-state index in [0.717, 1.165) is 4.31 Å². The van der Waals surface area contributed by atoms with Crippen LogP contribution in [0.4, 0.5) is 0 Å². The maximum Gasteiger partial charge on any atom is 0.322 e. The molecule has 26 heavy (non-hydrogen) atoms. The molecule has 1 atom stereocenters. The summed E-state index contributed by atoms with van der Waals surface area (Å²) in [6.45, 7) is 0.132. The van der Waals surface area contributed by atoms with E-state index in [4.69, 9.17) is 0 Å². The second kappa shape index (κ2) is 7.39. The molecule has 1 aliphatic heterocycles. The fourth-order valence-corrected chi connectivity index (χ4v) is 5.03. The Bertz CT molecular complexity index is 924. The Morgan fingerprint density at radius 1 is 0.962 bits per heavy atom. The Labute approximate surface area is 152 Å². The molecule has 136 valence electrons. The average molecular weight is 373 g/mol. The number of sulfonamides is 1. The molecule has 3 rings (SSSR count). The summed E-state index contributed by atoms with van der Waals surface area (Å²) in [5.74, 6) is -1.58. The molecule has 1 heterocycles. The van der Waals surface area contributed by atoms with Gasteiger partial charge in [-0.15, -0.1) is 0 Å². The number of carbonyl (C=O) groups excluding carboxylic acids is 1. The second-order valence-corrected chi connectivity index (χ2v) is 8.02. The summed E-state index contributed by atoms with van der Waals surface area (Å²) in [5, 5.41) is 9.40. The number of aliphatic carboxylic acids is 1. The van der Waals surface area contributed by atoms with Crippen LogP contribution in [-0.2, 0) is 14.8 Å². The Hall–Kier alpha value is -2.51. The summed E-state index contributed by atoms with van der Waals surface area (Å²) in [6, 6.07) is 13.3. The normalized spacial score (nSPS) is 18.4. The molecule has 2 aromatic carbocycles. The summed E-state index contributed by atoms with van der Waals surface area (Å²) in [7, 11) is -4.11. The highest BCUT2D eigenvalue weighted by Gasteiger charge is 2.39. The van der Waals surface area contributed by atoms with Gasteiger partial charge in [-0.2, -0.15) is 4.31 Å². The molecular weight excluding hydrogens is 354 g/mol. The third-order valence-electron chi connectivity index (χ3n) is 4.49. The topological polar surface area (TPSA) is 91.8 Å². The summed E-state index contributed by atoms with van der Waals surface area (Å²) in [5.41, 5.74) is 0.428. The number of carboxylic acids is 1. The molecule has 0 amide bonds. The fraction of sp³-hybridized carbons (Fsp3) is 0.263. The first kappa shape index (κ1) is 18.3. The highest BCUT2D eigenvalue weighted by atomic mass is 32.2. The van der Waals surface area contributed by atoms with Gasteiger partial charge in [-0.25, -0.2) is 8.42 Å². The lowest BCUT2D eigenvalue weighted by atomic mass is 10.0. The van der Waals surface area contributed by atoms with E-state index < -0.39 is 27.8 Å². The molecule has 0 bridgehead atoms. The molecular formula is C19H19NO5S. The minimum atomic E-state index is -4.11. The summed E-state index contributed by atoms with van der Waals surface area (Å²) in [4.78, 5) is 24.2. The molecule has 7 heteroatoms. The van der Waals surface area contributed by atoms with Crippen molar-refractivity contribution < 1.29 is 23.1 Å². The van der Waals surface area contributed by atoms with Gasteiger partial charge in [0.1, 0.15) is 6.04 Å². The number of carboxylic acid groups (broad SMARTS) is 1. The Morgan fingerprint density at radius 3 is 2.31 bits per heavy atom. The van der Waals surface area contributed by atoms with Crippen molar-refractivity contribution in [3.8, 4) is 0 Å². The predicted octanol–water partition coefficient (Wildman–Crippen LogP) is 2.55. The van der Waals surface area contributed by atoms with Gasteiger partial charge in [0.05, 0.1) is 4.90 Å². The first-order chi connectivity index (χ1) is 12.4. The number of hydrogen-bond acceptors (Lipinski definition) is 4. The SMILES string of the molecule is O=C(c1ccccc1)c1ccccc1S(=O)(=O)N1CCCCC1C(=O)O. The number of benzene rings is 2. The van der Waals surface area contributed by atoms with Gasteiger partial charge in [-0.3, -0.25) is 9.59 Å². The molecule has 1 N–H and O–H groups in total. The monoisotopic (exact) mass is 373 g/mol. The molecule has 0 aromatic heterocycles. The van der Waals surface area contributed by atoms with E-state index in [1.807, 2.05) is 0 Å². The van der Waals surface area contributed by atoms with Crippen LogP contribution in [0.15, 0.2) is 59.5 Å². The average Bonchev–Trinajstić information content (AvgIpc) is 2.68. The number of hydrogen-bond donors (Lipinski definition) is 1. The fourth-order valence-electron chi connectivity index (χ4n) is 3.19. The van der Waals surface area contributed by atoms with Gasteiger partial charge in [0.2, 0.25) is 10.0 Å². The van der Waals surface area contributed by atoms with Crippen molar-refractivity contribution >= 4 is 21.8 Å². The van der Waals surface area contributed by atoms with Crippen LogP contribution >= 0.6 is 0 Å². The van der Waals surface area contributed by atoms with Gasteiger partial charge in [0.15, 0.2) is 5.78 Å². The zero-order valence-corrected chi connectivity index (χ0v) is 14.9. The number of nitrogens with zero attached hydrogens (tertiary/aromatic N) is 1. The minimum Gasteiger partial charge on any atom is -0.480 e. The number of ketones is 1. The first-order valence-corrected chi connectivity index (χ1v) is 9.80. The number of carbonyl (C=O) groups is 2. The van der Waals surface area contributed by atoms with Crippen molar-refractivity contribution in [1.29, 1.82) is 0 Å². The molecule has 0 spiro atoms. The lowest BCUT2D eigenvalue weighted by molar-refractivity contribution is -0.142. The van der Waals surface area contributed by atoms with Gasteiger partial charge in [-0.05, 0) is 31.4 Å². The Balaban J connectivity index is 2.06. The molecule has 0 aliphatic carbocycles. The van der Waals surface area contributed by atoms with Gasteiger partial charge in [0.25, 0.3) is 0 Å². The zero-order valence-electron chi connectivity index (χ0n) is 14.0. The lowest BCUT2D eigenvalue weighted by Crippen LogP contribution is -2.48. The van der Waals surface area contributed by atoms with Crippen molar-refractivity contribution in [2.75, 3.05) is 6.54 Å². The molecule has 6 nitrogen and oxygen atoms in total. The highest BCUT2D eigenvalue weighted by molar-refractivity contribution is 7.89. The van der Waals surface area contributed by atoms with Gasteiger partial charge in [0, 0.05) is 17.7 Å². The van der Waals surface area contributed by atoms with Crippen LogP contribution in [0.2, 0.25) is 0 Å². The van der Waals surface area contributed by atoms with E-state index in [1.165, 1.54) is 18.2 Å². The van der Waals surface area contributed by atoms with Crippen LogP contribution in [-0.4, -0.2) is 42.2 Å². The zero-order chi connectivity index (χ0) is 18.7. The van der Waals surface area contributed by atoms with E-state index in [2.05, 4.69) is 0 Å². The van der Waals surface area contributed by atoms with Gasteiger partial charge >= 0.3 is 5.97 Å². The summed E-state index contributed by atoms with van der Waals surface area (Å²) < 4.78 is 27.3. The van der Waals surface area contributed by atoms with E-state index in [1.54, 1.807) is 36.4 Å². The van der Waals surface area contributed by atoms with Crippen LogP contribution in [0.25, 0.3) is 0 Å². The molecule has 1 aliphatic rings. The number of rotatable bonds is 5. The molecule has 1 unspecified atom stereocenters. The van der Waals surface area contributed by atoms with Crippen molar-refractivity contribution in [3.05, 3.63) is 65.7 Å². The van der Waals surface area contributed by atoms with Crippen LogP contribution in [0.5, 0.6) is 0 Å². The van der Waals surface area contributed by atoms with Crippen LogP contribution in [0.3, 0.4) is 0 Å². The predicted molar refractivity (Wildman–Crippen MR) is 95.5 cm³/mol. The molecule has 1 fully saturated rings. The maximum absolute atomic E-state index is 13.2. The quantitative estimate of drug-likeness (QED) is 0.813. The van der Waals surface area contributed by atoms with Crippen molar-refractivity contribution in [3.63, 3.8) is 0 Å². The standard InChI is InChI=1S/C19H19NO5S/c21-18(14-8-2-1-3-9-14)15-10-4-5-12-17(15)26(24,25)20-13-7-6-11-16(20)19(22)23/h1-5,8-10,12,16H,6-7,11,13H2,(H,22,23). The Morgan fingerprint density at radius 2 is 1.62 bits per heavy atom. The highest BCUT2D eigenvalue weighted by Crippen LogP contribution is 2.28. The second-order valence-electron chi connectivity index (χ2n) is 6.16. The van der Waals surface area contributed by atoms with Crippen LogP contribution in [0.1, 0.15) is 35.2 Å². The molecule has 0 radical (unpaired) electrons. The lowest BCUT2D eigenvalue weighted by Gasteiger charge is -2.32. The maximum atomic E-state index is 13.2. The largest absolute Gasteiger partial charge is 0.480 e.